The zero-order chi connectivity index (χ0) is 21.2. The Balaban J connectivity index is 1.96. The molecule has 0 aliphatic heterocycles. The number of carbonyl (C=O) groups is 3. The normalized spacial score (nSPS) is 11.4. The van der Waals surface area contributed by atoms with Crippen LogP contribution >= 0.6 is 11.8 Å². The van der Waals surface area contributed by atoms with Crippen molar-refractivity contribution in [1.29, 1.82) is 0 Å². The number of benzene rings is 1. The quantitative estimate of drug-likeness (QED) is 0.559. The van der Waals surface area contributed by atoms with Crippen LogP contribution in [-0.2, 0) is 14.3 Å². The number of amides is 2. The number of hydrogen-bond donors (Lipinski definition) is 2. The van der Waals surface area contributed by atoms with Gasteiger partial charge in [0, 0.05) is 6.07 Å². The summed E-state index contributed by atoms with van der Waals surface area (Å²) in [6, 6.07) is 7.32. The summed E-state index contributed by atoms with van der Waals surface area (Å²) in [5.74, 6) is 0.0500. The summed E-state index contributed by atoms with van der Waals surface area (Å²) < 4.78 is 15.1. The van der Waals surface area contributed by atoms with Crippen molar-refractivity contribution in [3.63, 3.8) is 0 Å². The minimum atomic E-state index is -0.901. The molecule has 0 aliphatic rings. The van der Waals surface area contributed by atoms with Crippen LogP contribution in [0.25, 0.3) is 0 Å². The van der Waals surface area contributed by atoms with E-state index in [1.165, 1.54) is 24.9 Å². The number of anilines is 1. The molecule has 0 aliphatic carbocycles. The van der Waals surface area contributed by atoms with E-state index in [9.17, 15) is 14.4 Å². The van der Waals surface area contributed by atoms with Crippen molar-refractivity contribution in [2.24, 2.45) is 0 Å². The maximum absolute atomic E-state index is 12.6. The lowest BCUT2D eigenvalue weighted by Gasteiger charge is -2.18. The Labute approximate surface area is 172 Å². The van der Waals surface area contributed by atoms with E-state index in [4.69, 9.17) is 14.0 Å². The number of esters is 1. The standard InChI is InChI=1S/C19H23N3O6S/c1-12-10-16(22-28-12)21-17(23)11-27-19(25)14(8-9-29-3)20-18(24)13-6-4-5-7-15(13)26-2/h4-7,10,14H,8-9,11H2,1-3H3,(H,20,24)(H,21,22,23)/t14-/m0/s1. The van der Waals surface area contributed by atoms with Gasteiger partial charge in [-0.1, -0.05) is 17.3 Å². The van der Waals surface area contributed by atoms with Crippen molar-refractivity contribution in [2.45, 2.75) is 19.4 Å². The van der Waals surface area contributed by atoms with Gasteiger partial charge in [-0.05, 0) is 37.5 Å². The Morgan fingerprint density at radius 1 is 1.28 bits per heavy atom. The fraction of sp³-hybridized carbons (Fsp3) is 0.368. The lowest BCUT2D eigenvalue weighted by Crippen LogP contribution is -2.43. The van der Waals surface area contributed by atoms with Crippen LogP contribution in [0.5, 0.6) is 5.75 Å². The van der Waals surface area contributed by atoms with Gasteiger partial charge < -0.3 is 24.6 Å². The molecule has 2 N–H and O–H groups in total. The summed E-state index contributed by atoms with van der Waals surface area (Å²) in [4.78, 5) is 36.9. The fourth-order valence-electron chi connectivity index (χ4n) is 2.39. The molecule has 1 heterocycles. The molecule has 1 aromatic heterocycles. The summed E-state index contributed by atoms with van der Waals surface area (Å²) >= 11 is 1.52. The minimum absolute atomic E-state index is 0.229. The topological polar surface area (TPSA) is 120 Å². The zero-order valence-corrected chi connectivity index (χ0v) is 17.2. The van der Waals surface area contributed by atoms with E-state index in [1.807, 2.05) is 6.26 Å². The second-order valence-electron chi connectivity index (χ2n) is 5.99. The Kier molecular flexibility index (Phi) is 8.53. The first-order valence-corrected chi connectivity index (χ1v) is 10.2. The lowest BCUT2D eigenvalue weighted by molar-refractivity contribution is -0.149. The van der Waals surface area contributed by atoms with Crippen LogP contribution in [0.3, 0.4) is 0 Å². The molecule has 0 bridgehead atoms. The number of hydrogen-bond acceptors (Lipinski definition) is 8. The van der Waals surface area contributed by atoms with Crippen molar-refractivity contribution >= 4 is 35.4 Å². The molecule has 0 fully saturated rings. The second kappa shape index (κ2) is 11.1. The van der Waals surface area contributed by atoms with Gasteiger partial charge in [-0.15, -0.1) is 0 Å². The summed E-state index contributed by atoms with van der Waals surface area (Å²) in [7, 11) is 1.46. The van der Waals surface area contributed by atoms with Crippen LogP contribution in [0.4, 0.5) is 5.82 Å². The average molecular weight is 421 g/mol. The summed E-state index contributed by atoms with van der Waals surface area (Å²) in [6.45, 7) is 1.18. The highest BCUT2D eigenvalue weighted by atomic mass is 32.2. The summed E-state index contributed by atoms with van der Waals surface area (Å²) in [5.41, 5.74) is 0.302. The maximum atomic E-state index is 12.6. The monoisotopic (exact) mass is 421 g/mol. The van der Waals surface area contributed by atoms with E-state index in [0.29, 0.717) is 29.2 Å². The van der Waals surface area contributed by atoms with Crippen LogP contribution in [0.15, 0.2) is 34.9 Å². The summed E-state index contributed by atoms with van der Waals surface area (Å²) in [6.07, 6.45) is 2.24. The van der Waals surface area contributed by atoms with E-state index >= 15 is 0 Å². The van der Waals surface area contributed by atoms with E-state index in [0.717, 1.165) is 0 Å². The Hall–Kier alpha value is -3.01. The van der Waals surface area contributed by atoms with Gasteiger partial charge in [0.2, 0.25) is 0 Å². The van der Waals surface area contributed by atoms with Gasteiger partial charge in [-0.2, -0.15) is 11.8 Å². The van der Waals surface area contributed by atoms with E-state index in [2.05, 4.69) is 15.8 Å². The van der Waals surface area contributed by atoms with Gasteiger partial charge in [0.1, 0.15) is 17.6 Å². The zero-order valence-electron chi connectivity index (χ0n) is 16.4. The van der Waals surface area contributed by atoms with Gasteiger partial charge in [0.25, 0.3) is 11.8 Å². The molecule has 0 unspecified atom stereocenters. The molecule has 0 saturated heterocycles. The third-order valence-corrected chi connectivity index (χ3v) is 4.44. The smallest absolute Gasteiger partial charge is 0.329 e. The van der Waals surface area contributed by atoms with Gasteiger partial charge in [-0.25, -0.2) is 4.79 Å². The Bertz CT molecular complexity index is 854. The van der Waals surface area contributed by atoms with Gasteiger partial charge in [-0.3, -0.25) is 9.59 Å². The molecular weight excluding hydrogens is 398 g/mol. The SMILES string of the molecule is COc1ccccc1C(=O)N[C@@H](CCSC)C(=O)OCC(=O)Nc1cc(C)on1. The van der Waals surface area contributed by atoms with E-state index < -0.39 is 30.4 Å². The van der Waals surface area contributed by atoms with Crippen molar-refractivity contribution in [2.75, 3.05) is 31.0 Å². The third kappa shape index (κ3) is 6.83. The van der Waals surface area contributed by atoms with Crippen molar-refractivity contribution in [3.05, 3.63) is 41.7 Å². The molecule has 1 aromatic carbocycles. The summed E-state index contributed by atoms with van der Waals surface area (Å²) in [5, 5.41) is 8.74. The molecule has 156 valence electrons. The maximum Gasteiger partial charge on any atom is 0.329 e. The Morgan fingerprint density at radius 2 is 2.03 bits per heavy atom. The number of ether oxygens (including phenoxy) is 2. The largest absolute Gasteiger partial charge is 0.496 e. The predicted molar refractivity (Wildman–Crippen MR) is 108 cm³/mol. The first kappa shape index (κ1) is 22.3. The third-order valence-electron chi connectivity index (χ3n) is 3.79. The van der Waals surface area contributed by atoms with Crippen LogP contribution in [-0.4, -0.2) is 54.7 Å². The van der Waals surface area contributed by atoms with Crippen molar-refractivity contribution < 1.29 is 28.4 Å². The molecule has 2 aromatic rings. The van der Waals surface area contributed by atoms with E-state index in [1.54, 1.807) is 31.2 Å². The first-order chi connectivity index (χ1) is 13.9. The number of aromatic nitrogens is 1. The van der Waals surface area contributed by atoms with Crippen molar-refractivity contribution in [1.82, 2.24) is 10.5 Å². The minimum Gasteiger partial charge on any atom is -0.496 e. The van der Waals surface area contributed by atoms with Gasteiger partial charge >= 0.3 is 5.97 Å². The van der Waals surface area contributed by atoms with Gasteiger partial charge in [0.15, 0.2) is 12.4 Å². The number of para-hydroxylation sites is 1. The molecule has 0 radical (unpaired) electrons. The van der Waals surface area contributed by atoms with Gasteiger partial charge in [0.05, 0.1) is 12.7 Å². The van der Waals surface area contributed by atoms with Crippen LogP contribution in [0.1, 0.15) is 22.5 Å². The molecular formula is C19H23N3O6S. The number of aryl methyl sites for hydroxylation is 1. The highest BCUT2D eigenvalue weighted by molar-refractivity contribution is 7.98. The highest BCUT2D eigenvalue weighted by Crippen LogP contribution is 2.17. The van der Waals surface area contributed by atoms with Crippen LogP contribution in [0, 0.1) is 6.92 Å². The van der Waals surface area contributed by atoms with Crippen LogP contribution in [0.2, 0.25) is 0 Å². The number of methoxy groups -OCH3 is 1. The molecule has 0 saturated carbocycles. The first-order valence-electron chi connectivity index (χ1n) is 8.77. The highest BCUT2D eigenvalue weighted by Gasteiger charge is 2.24. The number of thioether (sulfide) groups is 1. The number of carbonyl (C=O) groups excluding carboxylic acids is 3. The molecule has 1 atom stereocenters. The number of rotatable bonds is 10. The Morgan fingerprint density at radius 3 is 2.69 bits per heavy atom. The van der Waals surface area contributed by atoms with E-state index in [-0.39, 0.29) is 5.82 Å². The second-order valence-corrected chi connectivity index (χ2v) is 6.97. The molecule has 0 spiro atoms. The van der Waals surface area contributed by atoms with Crippen molar-refractivity contribution in [3.8, 4) is 5.75 Å². The molecule has 29 heavy (non-hydrogen) atoms. The molecule has 9 nitrogen and oxygen atoms in total. The van der Waals surface area contributed by atoms with Crippen LogP contribution < -0.4 is 15.4 Å². The average Bonchev–Trinajstić information content (AvgIpc) is 3.13. The number of nitrogens with one attached hydrogen (secondary N) is 2. The lowest BCUT2D eigenvalue weighted by atomic mass is 10.1. The number of nitrogens with zero attached hydrogens (tertiary/aromatic N) is 1. The molecule has 10 heteroatoms. The predicted octanol–water partition coefficient (Wildman–Crippen LogP) is 2.03. The molecule has 2 rings (SSSR count). The molecule has 2 amide bonds. The fourth-order valence-corrected chi connectivity index (χ4v) is 2.87.